The van der Waals surface area contributed by atoms with Gasteiger partial charge in [-0.05, 0) is 0 Å². The van der Waals surface area contributed by atoms with Crippen LogP contribution >= 0.6 is 0 Å². The van der Waals surface area contributed by atoms with E-state index >= 15 is 0 Å². The van der Waals surface area contributed by atoms with Gasteiger partial charge in [0.05, 0.1) is 12.6 Å². The molecule has 0 aromatic heterocycles. The molecule has 1 rings (SSSR count). The number of hydrogen-bond donors (Lipinski definition) is 7. The molecular weight excluding hydrogens is 350 g/mol. The monoisotopic (exact) mass is 370 g/mol. The first kappa shape index (κ1) is 21.0. The van der Waals surface area contributed by atoms with Crippen molar-refractivity contribution in [2.24, 2.45) is 16.5 Å². The molecule has 1 amide bonds. The summed E-state index contributed by atoms with van der Waals surface area (Å²) < 4.78 is 33.6. The van der Waals surface area contributed by atoms with Gasteiger partial charge in [-0.15, -0.1) is 0 Å². The molecular formula is C12H20F2N4O7. The SMILES string of the molecule is CC(=O)N[C@@H]1[C@@H](N=C(N)N)[C@H](F)[C@](F)(C(=O)O)O[C@H]1[C@H](O)[C@H](O)CO. The third kappa shape index (κ3) is 4.31. The summed E-state index contributed by atoms with van der Waals surface area (Å²) in [4.78, 5) is 25.9. The minimum Gasteiger partial charge on any atom is -0.477 e. The number of carbonyl (C=O) groups excluding carboxylic acids is 1. The number of ether oxygens (including phenoxy) is 1. The Hall–Kier alpha value is -2.09. The van der Waals surface area contributed by atoms with E-state index < -0.39 is 66.9 Å². The maximum absolute atomic E-state index is 14.6. The van der Waals surface area contributed by atoms with Crippen molar-refractivity contribution in [1.29, 1.82) is 0 Å². The van der Waals surface area contributed by atoms with Gasteiger partial charge in [0.25, 0.3) is 0 Å². The normalized spacial score (nSPS) is 34.6. The Kier molecular flexibility index (Phi) is 6.59. The van der Waals surface area contributed by atoms with E-state index in [1.54, 1.807) is 0 Å². The van der Waals surface area contributed by atoms with Crippen molar-refractivity contribution in [1.82, 2.24) is 5.32 Å². The van der Waals surface area contributed by atoms with Crippen LogP contribution in [0.4, 0.5) is 8.78 Å². The van der Waals surface area contributed by atoms with Crippen LogP contribution < -0.4 is 16.8 Å². The zero-order chi connectivity index (χ0) is 19.5. The van der Waals surface area contributed by atoms with E-state index in [1.165, 1.54) is 0 Å². The van der Waals surface area contributed by atoms with Crippen LogP contribution in [0.3, 0.4) is 0 Å². The van der Waals surface area contributed by atoms with Crippen LogP contribution in [-0.2, 0) is 14.3 Å². The Morgan fingerprint density at radius 1 is 1.40 bits per heavy atom. The lowest BCUT2D eigenvalue weighted by molar-refractivity contribution is -0.276. The van der Waals surface area contributed by atoms with Gasteiger partial charge in [-0.25, -0.2) is 14.2 Å². The number of nitrogens with two attached hydrogens (primary N) is 2. The van der Waals surface area contributed by atoms with Gasteiger partial charge < -0.3 is 41.9 Å². The average Bonchev–Trinajstić information content (AvgIpc) is 2.51. The first-order chi connectivity index (χ1) is 11.5. The van der Waals surface area contributed by atoms with Gasteiger partial charge in [-0.1, -0.05) is 0 Å². The summed E-state index contributed by atoms with van der Waals surface area (Å²) in [6, 6.07) is -3.64. The van der Waals surface area contributed by atoms with Crippen LogP contribution in [0.25, 0.3) is 0 Å². The lowest BCUT2D eigenvalue weighted by Crippen LogP contribution is -2.71. The van der Waals surface area contributed by atoms with Crippen molar-refractivity contribution in [3.05, 3.63) is 0 Å². The number of aliphatic carboxylic acids is 1. The van der Waals surface area contributed by atoms with Crippen LogP contribution in [0.5, 0.6) is 0 Å². The van der Waals surface area contributed by atoms with Gasteiger partial charge in [0.15, 0.2) is 12.1 Å². The van der Waals surface area contributed by atoms with Gasteiger partial charge >= 0.3 is 11.8 Å². The number of guanidine groups is 1. The van der Waals surface area contributed by atoms with E-state index in [4.69, 9.17) is 21.7 Å². The Balaban J connectivity index is 3.44. The summed E-state index contributed by atoms with van der Waals surface area (Å²) in [5.41, 5.74) is 10.3. The number of nitrogens with one attached hydrogen (secondary N) is 1. The Morgan fingerprint density at radius 3 is 2.36 bits per heavy atom. The van der Waals surface area contributed by atoms with Crippen molar-refractivity contribution in [3.63, 3.8) is 0 Å². The number of rotatable bonds is 6. The van der Waals surface area contributed by atoms with Crippen molar-refractivity contribution >= 4 is 17.8 Å². The lowest BCUT2D eigenvalue weighted by atomic mass is 9.86. The Labute approximate surface area is 140 Å². The molecule has 0 aliphatic carbocycles. The largest absolute Gasteiger partial charge is 0.477 e. The summed E-state index contributed by atoms with van der Waals surface area (Å²) in [5.74, 6) is -7.87. The molecule has 25 heavy (non-hydrogen) atoms. The Morgan fingerprint density at radius 2 is 1.96 bits per heavy atom. The van der Waals surface area contributed by atoms with Gasteiger partial charge in [-0.3, -0.25) is 4.79 Å². The van der Waals surface area contributed by atoms with Crippen LogP contribution in [0.15, 0.2) is 4.99 Å². The van der Waals surface area contributed by atoms with Crippen LogP contribution in [0, 0.1) is 0 Å². The first-order valence-corrected chi connectivity index (χ1v) is 7.02. The minimum absolute atomic E-state index is 0.742. The number of aliphatic imine (C=N–C) groups is 1. The number of nitrogens with zero attached hydrogens (tertiary/aromatic N) is 1. The molecule has 0 unspecified atom stereocenters. The number of aliphatic hydroxyl groups excluding tert-OH is 3. The highest BCUT2D eigenvalue weighted by Gasteiger charge is 2.63. The molecule has 0 aromatic rings. The molecule has 1 saturated heterocycles. The molecule has 0 spiro atoms. The van der Waals surface area contributed by atoms with Gasteiger partial charge in [-0.2, -0.15) is 4.39 Å². The molecule has 0 aromatic carbocycles. The topological polar surface area (TPSA) is 201 Å². The van der Waals surface area contributed by atoms with Crippen molar-refractivity contribution in [2.75, 3.05) is 6.61 Å². The molecule has 0 bridgehead atoms. The third-order valence-corrected chi connectivity index (χ3v) is 3.56. The molecule has 0 radical (unpaired) electrons. The van der Waals surface area contributed by atoms with E-state index in [0.717, 1.165) is 6.92 Å². The predicted octanol–water partition coefficient (Wildman–Crippen LogP) is -3.67. The van der Waals surface area contributed by atoms with E-state index in [9.17, 15) is 28.6 Å². The second kappa shape index (κ2) is 7.86. The van der Waals surface area contributed by atoms with E-state index in [1.807, 2.05) is 0 Å². The molecule has 1 aliphatic rings. The number of hydrogen-bond acceptors (Lipinski definition) is 7. The zero-order valence-corrected chi connectivity index (χ0v) is 13.0. The number of carboxylic acids is 1. The summed E-state index contributed by atoms with van der Waals surface area (Å²) >= 11 is 0. The molecule has 1 aliphatic heterocycles. The van der Waals surface area contributed by atoms with E-state index in [0.29, 0.717) is 0 Å². The fourth-order valence-corrected chi connectivity index (χ4v) is 2.43. The van der Waals surface area contributed by atoms with Gasteiger partial charge in [0.1, 0.15) is 24.4 Å². The highest BCUT2D eigenvalue weighted by molar-refractivity contribution is 5.79. The third-order valence-electron chi connectivity index (χ3n) is 3.56. The Bertz CT molecular complexity index is 548. The van der Waals surface area contributed by atoms with Crippen molar-refractivity contribution in [3.8, 4) is 0 Å². The minimum atomic E-state index is -3.97. The second-order valence-electron chi connectivity index (χ2n) is 5.45. The summed E-state index contributed by atoms with van der Waals surface area (Å²) in [6.45, 7) is -0.00752. The number of aliphatic hydroxyl groups is 3. The quantitative estimate of drug-likeness (QED) is 0.182. The first-order valence-electron chi connectivity index (χ1n) is 7.02. The van der Waals surface area contributed by atoms with Crippen LogP contribution in [0.1, 0.15) is 6.92 Å². The number of alkyl halides is 2. The molecule has 7 atom stereocenters. The number of halogens is 2. The number of carbonyl (C=O) groups is 2. The standard InChI is InChI=1S/C12H20F2N4O7/c1-3(20)17-5-6(18-11(15)16)9(13)12(14,10(23)24)25-8(5)7(22)4(21)2-19/h4-9,19,21-22H,2H2,1H3,(H,17,20)(H,23,24)(H4,15,16,18)/t4-,5-,6-,7-,8-,9+,12-/m1/s1. The number of amides is 1. The van der Waals surface area contributed by atoms with Crippen LogP contribution in [0.2, 0.25) is 0 Å². The molecule has 1 heterocycles. The zero-order valence-electron chi connectivity index (χ0n) is 13.0. The van der Waals surface area contributed by atoms with Gasteiger partial charge in [0, 0.05) is 6.92 Å². The summed E-state index contributed by atoms with van der Waals surface area (Å²) in [7, 11) is 0. The summed E-state index contributed by atoms with van der Waals surface area (Å²) in [5, 5.41) is 39.5. The highest BCUT2D eigenvalue weighted by atomic mass is 19.2. The van der Waals surface area contributed by atoms with Crippen molar-refractivity contribution < 1.29 is 43.5 Å². The fourth-order valence-electron chi connectivity index (χ4n) is 2.43. The second-order valence-corrected chi connectivity index (χ2v) is 5.45. The smallest absolute Gasteiger partial charge is 0.372 e. The van der Waals surface area contributed by atoms with Crippen LogP contribution in [-0.4, -0.2) is 87.3 Å². The van der Waals surface area contributed by atoms with Gasteiger partial charge in [0.2, 0.25) is 5.91 Å². The molecule has 9 N–H and O–H groups in total. The van der Waals surface area contributed by atoms with E-state index in [2.05, 4.69) is 15.0 Å². The molecule has 144 valence electrons. The van der Waals surface area contributed by atoms with Crippen molar-refractivity contribution in [2.45, 2.75) is 49.3 Å². The molecule has 0 saturated carbocycles. The maximum atomic E-state index is 14.6. The highest BCUT2D eigenvalue weighted by Crippen LogP contribution is 2.37. The molecule has 1 fully saturated rings. The maximum Gasteiger partial charge on any atom is 0.372 e. The van der Waals surface area contributed by atoms with E-state index in [-0.39, 0.29) is 0 Å². The molecule has 11 nitrogen and oxygen atoms in total. The fraction of sp³-hybridized carbons (Fsp3) is 0.750. The average molecular weight is 370 g/mol. The lowest BCUT2D eigenvalue weighted by Gasteiger charge is -2.45. The molecule has 13 heteroatoms. The summed E-state index contributed by atoms with van der Waals surface area (Å²) in [6.07, 6.45) is -8.96. The number of carboxylic acid groups (broad SMARTS) is 1. The predicted molar refractivity (Wildman–Crippen MR) is 77.5 cm³/mol.